The molecule has 25 heavy (non-hydrogen) atoms. The van der Waals surface area contributed by atoms with Gasteiger partial charge < -0.3 is 14.8 Å². The number of rotatable bonds is 8. The number of nitrogens with one attached hydrogen (secondary N) is 1. The lowest BCUT2D eigenvalue weighted by atomic mass is 10.1. The van der Waals surface area contributed by atoms with Crippen molar-refractivity contribution in [3.63, 3.8) is 0 Å². The second-order valence-electron chi connectivity index (χ2n) is 5.24. The molecule has 1 aromatic heterocycles. The van der Waals surface area contributed by atoms with Crippen molar-refractivity contribution in [3.05, 3.63) is 41.3 Å². The van der Waals surface area contributed by atoms with Gasteiger partial charge in [0.25, 0.3) is 0 Å². The maximum Gasteiger partial charge on any atom is 0.219 e. The van der Waals surface area contributed by atoms with E-state index in [-0.39, 0.29) is 23.1 Å². The van der Waals surface area contributed by atoms with Crippen LogP contribution in [0, 0.1) is 0 Å². The average Bonchev–Trinajstić information content (AvgIpc) is 3.16. The summed E-state index contributed by atoms with van der Waals surface area (Å²) in [7, 11) is -0.650. The van der Waals surface area contributed by atoms with Crippen LogP contribution in [0.5, 0.6) is 11.5 Å². The van der Waals surface area contributed by atoms with E-state index >= 15 is 0 Å². The number of hydrogen-bond donors (Lipinski definition) is 1. The van der Waals surface area contributed by atoms with Gasteiger partial charge in [-0.25, -0.2) is 8.42 Å². The van der Waals surface area contributed by atoms with Crippen LogP contribution >= 0.6 is 11.3 Å². The number of ether oxygens (including phenoxy) is 2. The van der Waals surface area contributed by atoms with E-state index in [1.54, 1.807) is 42.6 Å². The standard InChI is InChI=1S/C17H21NO5S2/c1-4-16(19)18-11-15(25(20,21)17-6-5-9-24-17)12-7-8-13(22-2)14(10-12)23-3/h5-10,15H,4,11H2,1-3H3,(H,18,19)/t15-/m1/s1. The van der Waals surface area contributed by atoms with Crippen LogP contribution in [-0.2, 0) is 14.6 Å². The predicted octanol–water partition coefficient (Wildman–Crippen LogP) is 2.81. The van der Waals surface area contributed by atoms with Gasteiger partial charge in [-0.1, -0.05) is 19.1 Å². The predicted molar refractivity (Wildman–Crippen MR) is 97.1 cm³/mol. The fourth-order valence-electron chi connectivity index (χ4n) is 2.36. The maximum absolute atomic E-state index is 13.0. The first-order chi connectivity index (χ1) is 11.9. The van der Waals surface area contributed by atoms with Gasteiger partial charge in [-0.3, -0.25) is 4.79 Å². The maximum atomic E-state index is 13.0. The van der Waals surface area contributed by atoms with Crippen molar-refractivity contribution in [2.45, 2.75) is 22.8 Å². The highest BCUT2D eigenvalue weighted by Gasteiger charge is 2.31. The van der Waals surface area contributed by atoms with Gasteiger partial charge in [0.1, 0.15) is 9.46 Å². The number of benzene rings is 1. The molecule has 2 aromatic rings. The highest BCUT2D eigenvalue weighted by atomic mass is 32.2. The molecule has 1 amide bonds. The monoisotopic (exact) mass is 383 g/mol. The van der Waals surface area contributed by atoms with Crippen LogP contribution in [0.4, 0.5) is 0 Å². The van der Waals surface area contributed by atoms with E-state index in [0.29, 0.717) is 17.1 Å². The molecule has 1 atom stereocenters. The third-order valence-corrected chi connectivity index (χ3v) is 7.27. The number of carbonyl (C=O) groups is 1. The fourth-order valence-corrected chi connectivity index (χ4v) is 5.21. The van der Waals surface area contributed by atoms with E-state index in [0.717, 1.165) is 11.3 Å². The zero-order valence-corrected chi connectivity index (χ0v) is 15.9. The van der Waals surface area contributed by atoms with Gasteiger partial charge in [-0.2, -0.15) is 0 Å². The number of thiophene rings is 1. The van der Waals surface area contributed by atoms with Gasteiger partial charge in [0.2, 0.25) is 5.91 Å². The molecule has 0 aliphatic heterocycles. The van der Waals surface area contributed by atoms with E-state index < -0.39 is 15.1 Å². The lowest BCUT2D eigenvalue weighted by molar-refractivity contribution is -0.120. The topological polar surface area (TPSA) is 81.7 Å². The van der Waals surface area contributed by atoms with Crippen molar-refractivity contribution >= 4 is 27.1 Å². The third-order valence-electron chi connectivity index (χ3n) is 3.74. The van der Waals surface area contributed by atoms with Crippen LogP contribution in [-0.4, -0.2) is 35.1 Å². The summed E-state index contributed by atoms with van der Waals surface area (Å²) < 4.78 is 36.8. The van der Waals surface area contributed by atoms with Crippen LogP contribution in [0.15, 0.2) is 39.9 Å². The number of methoxy groups -OCH3 is 2. The van der Waals surface area contributed by atoms with Gasteiger partial charge in [-0.15, -0.1) is 11.3 Å². The number of sulfone groups is 1. The van der Waals surface area contributed by atoms with E-state index in [4.69, 9.17) is 9.47 Å². The van der Waals surface area contributed by atoms with Crippen molar-refractivity contribution < 1.29 is 22.7 Å². The first-order valence-corrected chi connectivity index (χ1v) is 10.1. The van der Waals surface area contributed by atoms with Gasteiger partial charge >= 0.3 is 0 Å². The molecular formula is C17H21NO5S2. The lowest BCUT2D eigenvalue weighted by Crippen LogP contribution is -2.31. The minimum atomic E-state index is -3.65. The molecule has 0 fully saturated rings. The van der Waals surface area contributed by atoms with Gasteiger partial charge in [0, 0.05) is 13.0 Å². The summed E-state index contributed by atoms with van der Waals surface area (Å²) in [6.07, 6.45) is 0.289. The molecular weight excluding hydrogens is 362 g/mol. The van der Waals surface area contributed by atoms with Crippen LogP contribution in [0.1, 0.15) is 24.2 Å². The Kier molecular flexibility index (Phi) is 6.44. The van der Waals surface area contributed by atoms with Crippen molar-refractivity contribution in [2.24, 2.45) is 0 Å². The number of hydrogen-bond acceptors (Lipinski definition) is 6. The minimum absolute atomic E-state index is 0.0115. The molecule has 2 rings (SSSR count). The van der Waals surface area contributed by atoms with Gasteiger partial charge in [0.15, 0.2) is 21.3 Å². The Morgan fingerprint density at radius 1 is 1.20 bits per heavy atom. The Labute approximate surface area is 151 Å². The third kappa shape index (κ3) is 4.32. The highest BCUT2D eigenvalue weighted by Crippen LogP contribution is 2.36. The molecule has 0 aliphatic carbocycles. The van der Waals surface area contributed by atoms with Crippen molar-refractivity contribution in [3.8, 4) is 11.5 Å². The number of carbonyl (C=O) groups excluding carboxylic acids is 1. The Bertz CT molecular complexity index is 816. The first-order valence-electron chi connectivity index (χ1n) is 7.70. The second kappa shape index (κ2) is 8.35. The molecule has 0 radical (unpaired) electrons. The quantitative estimate of drug-likeness (QED) is 0.758. The Hall–Kier alpha value is -2.06. The van der Waals surface area contributed by atoms with Crippen LogP contribution in [0.3, 0.4) is 0 Å². The van der Waals surface area contributed by atoms with Gasteiger partial charge in [0.05, 0.1) is 14.2 Å². The zero-order valence-electron chi connectivity index (χ0n) is 14.3. The normalized spacial score (nSPS) is 12.4. The molecule has 6 nitrogen and oxygen atoms in total. The van der Waals surface area contributed by atoms with E-state index in [1.807, 2.05) is 0 Å². The van der Waals surface area contributed by atoms with E-state index in [1.165, 1.54) is 14.2 Å². The first kappa shape index (κ1) is 19.3. The minimum Gasteiger partial charge on any atom is -0.493 e. The highest BCUT2D eigenvalue weighted by molar-refractivity contribution is 7.93. The van der Waals surface area contributed by atoms with E-state index in [9.17, 15) is 13.2 Å². The van der Waals surface area contributed by atoms with Gasteiger partial charge in [-0.05, 0) is 29.1 Å². The van der Waals surface area contributed by atoms with Crippen molar-refractivity contribution in [2.75, 3.05) is 20.8 Å². The SMILES string of the molecule is CCC(=O)NC[C@H](c1ccc(OC)c(OC)c1)S(=O)(=O)c1cccs1. The largest absolute Gasteiger partial charge is 0.493 e. The van der Waals surface area contributed by atoms with E-state index in [2.05, 4.69) is 5.32 Å². The lowest BCUT2D eigenvalue weighted by Gasteiger charge is -2.19. The summed E-state index contributed by atoms with van der Waals surface area (Å²) in [5.74, 6) is 0.746. The molecule has 1 heterocycles. The summed E-state index contributed by atoms with van der Waals surface area (Å²) in [5, 5.41) is 3.48. The summed E-state index contributed by atoms with van der Waals surface area (Å²) in [5.41, 5.74) is 0.530. The Morgan fingerprint density at radius 2 is 1.92 bits per heavy atom. The zero-order chi connectivity index (χ0) is 18.4. The van der Waals surface area contributed by atoms with Crippen molar-refractivity contribution in [1.29, 1.82) is 0 Å². The Balaban J connectivity index is 2.46. The summed E-state index contributed by atoms with van der Waals surface area (Å²) in [6, 6.07) is 8.22. The summed E-state index contributed by atoms with van der Waals surface area (Å²) in [4.78, 5) is 11.6. The summed E-state index contributed by atoms with van der Waals surface area (Å²) in [6.45, 7) is 1.71. The molecule has 0 saturated carbocycles. The Morgan fingerprint density at radius 3 is 2.48 bits per heavy atom. The fraction of sp³-hybridized carbons (Fsp3) is 0.353. The molecule has 0 bridgehead atoms. The molecule has 136 valence electrons. The van der Waals surface area contributed by atoms with Crippen LogP contribution in [0.25, 0.3) is 0 Å². The van der Waals surface area contributed by atoms with Crippen LogP contribution < -0.4 is 14.8 Å². The van der Waals surface area contributed by atoms with Crippen LogP contribution in [0.2, 0.25) is 0 Å². The summed E-state index contributed by atoms with van der Waals surface area (Å²) >= 11 is 1.15. The molecule has 1 aromatic carbocycles. The molecule has 0 saturated heterocycles. The average molecular weight is 383 g/mol. The molecule has 0 unspecified atom stereocenters. The second-order valence-corrected chi connectivity index (χ2v) is 8.54. The smallest absolute Gasteiger partial charge is 0.219 e. The molecule has 0 spiro atoms. The molecule has 0 aliphatic rings. The number of amides is 1. The van der Waals surface area contributed by atoms with Crippen molar-refractivity contribution in [1.82, 2.24) is 5.32 Å². The molecule has 1 N–H and O–H groups in total. The molecule has 8 heteroatoms.